The summed E-state index contributed by atoms with van der Waals surface area (Å²) in [6.45, 7) is 2.21. The van der Waals surface area contributed by atoms with Gasteiger partial charge in [-0.2, -0.15) is 18.2 Å². The van der Waals surface area contributed by atoms with Crippen LogP contribution in [0.5, 0.6) is 0 Å². The minimum atomic E-state index is -4.68. The van der Waals surface area contributed by atoms with Gasteiger partial charge in [0, 0.05) is 29.0 Å². The summed E-state index contributed by atoms with van der Waals surface area (Å²) in [4.78, 5) is 23.3. The van der Waals surface area contributed by atoms with Crippen molar-refractivity contribution in [3.63, 3.8) is 0 Å². The van der Waals surface area contributed by atoms with E-state index in [2.05, 4.69) is 34.6 Å². The van der Waals surface area contributed by atoms with E-state index in [4.69, 9.17) is 0 Å². The predicted octanol–water partition coefficient (Wildman–Crippen LogP) is 4.04. The molecule has 0 aliphatic carbocycles. The lowest BCUT2D eigenvalue weighted by molar-refractivity contribution is -0.159. The van der Waals surface area contributed by atoms with Crippen molar-refractivity contribution in [2.75, 3.05) is 4.90 Å². The summed E-state index contributed by atoms with van der Waals surface area (Å²) in [5.41, 5.74) is 0.780. The minimum absolute atomic E-state index is 0.113. The summed E-state index contributed by atoms with van der Waals surface area (Å²) in [7, 11) is 0. The second-order valence-corrected chi connectivity index (χ2v) is 7.02. The number of alkyl halides is 3. The first-order chi connectivity index (χ1) is 13.9. The molecular weight excluding hydrogens is 407 g/mol. The third-order valence-corrected chi connectivity index (χ3v) is 4.82. The van der Waals surface area contributed by atoms with Crippen LogP contribution in [0.4, 0.5) is 24.8 Å². The van der Waals surface area contributed by atoms with Gasteiger partial charge in [-0.05, 0) is 19.1 Å². The smallest absolute Gasteiger partial charge is 0.329 e. The van der Waals surface area contributed by atoms with Crippen molar-refractivity contribution in [1.82, 2.24) is 30.1 Å². The summed E-state index contributed by atoms with van der Waals surface area (Å²) in [6.07, 6.45) is 1.49. The highest BCUT2D eigenvalue weighted by Crippen LogP contribution is 2.33. The van der Waals surface area contributed by atoms with Gasteiger partial charge in [-0.3, -0.25) is 4.98 Å². The Bertz CT molecular complexity index is 1110. The van der Waals surface area contributed by atoms with Gasteiger partial charge in [-0.1, -0.05) is 5.16 Å². The monoisotopic (exact) mass is 419 g/mol. The SMILES string of the molecule is Cc1cc(N(Cc2ccc(-c3noc(C(F)(F)F)n3)s2)c2cnccn2)ncn1. The van der Waals surface area contributed by atoms with Crippen molar-refractivity contribution >= 4 is 23.0 Å². The Kier molecular flexibility index (Phi) is 4.92. The zero-order chi connectivity index (χ0) is 20.4. The number of aromatic nitrogens is 6. The third-order valence-electron chi connectivity index (χ3n) is 3.76. The molecule has 0 saturated carbocycles. The van der Waals surface area contributed by atoms with Crippen LogP contribution in [-0.2, 0) is 12.7 Å². The molecule has 4 rings (SSSR count). The molecule has 4 aromatic heterocycles. The van der Waals surface area contributed by atoms with Crippen LogP contribution in [0.25, 0.3) is 10.7 Å². The predicted molar refractivity (Wildman–Crippen MR) is 97.3 cm³/mol. The fourth-order valence-corrected chi connectivity index (χ4v) is 3.40. The highest BCUT2D eigenvalue weighted by Gasteiger charge is 2.38. The summed E-state index contributed by atoms with van der Waals surface area (Å²) in [5.74, 6) is -0.302. The number of rotatable bonds is 5. The average Bonchev–Trinajstić information content (AvgIpc) is 3.36. The van der Waals surface area contributed by atoms with Gasteiger partial charge in [-0.25, -0.2) is 15.0 Å². The topological polar surface area (TPSA) is 93.7 Å². The Morgan fingerprint density at radius 3 is 2.66 bits per heavy atom. The molecule has 148 valence electrons. The molecule has 0 N–H and O–H groups in total. The van der Waals surface area contributed by atoms with E-state index in [1.807, 2.05) is 11.8 Å². The number of nitrogens with zero attached hydrogens (tertiary/aromatic N) is 7. The van der Waals surface area contributed by atoms with Crippen molar-refractivity contribution in [2.45, 2.75) is 19.6 Å². The molecule has 0 atom stereocenters. The molecule has 0 saturated heterocycles. The molecule has 0 unspecified atom stereocenters. The lowest BCUT2D eigenvalue weighted by atomic mass is 10.3. The molecule has 0 radical (unpaired) electrons. The first-order valence-corrected chi connectivity index (χ1v) is 9.04. The van der Waals surface area contributed by atoms with Crippen molar-refractivity contribution < 1.29 is 17.7 Å². The van der Waals surface area contributed by atoms with Crippen molar-refractivity contribution in [2.24, 2.45) is 0 Å². The molecule has 0 amide bonds. The average molecular weight is 419 g/mol. The highest BCUT2D eigenvalue weighted by atomic mass is 32.1. The molecule has 0 spiro atoms. The van der Waals surface area contributed by atoms with E-state index in [1.54, 1.807) is 36.8 Å². The van der Waals surface area contributed by atoms with E-state index in [-0.39, 0.29) is 5.82 Å². The molecule has 4 aromatic rings. The highest BCUT2D eigenvalue weighted by molar-refractivity contribution is 7.15. The van der Waals surface area contributed by atoms with Crippen LogP contribution in [0, 0.1) is 6.92 Å². The van der Waals surface area contributed by atoms with Crippen LogP contribution in [0.3, 0.4) is 0 Å². The largest absolute Gasteiger partial charge is 0.471 e. The second-order valence-electron chi connectivity index (χ2n) is 5.85. The molecule has 0 aromatic carbocycles. The third kappa shape index (κ3) is 4.21. The first-order valence-electron chi connectivity index (χ1n) is 8.22. The zero-order valence-electron chi connectivity index (χ0n) is 14.8. The normalized spacial score (nSPS) is 11.6. The van der Waals surface area contributed by atoms with E-state index in [1.165, 1.54) is 17.7 Å². The van der Waals surface area contributed by atoms with E-state index in [0.29, 0.717) is 23.1 Å². The quantitative estimate of drug-likeness (QED) is 0.478. The zero-order valence-corrected chi connectivity index (χ0v) is 15.6. The van der Waals surface area contributed by atoms with Gasteiger partial charge in [0.2, 0.25) is 5.82 Å². The van der Waals surface area contributed by atoms with Crippen LogP contribution in [-0.4, -0.2) is 30.1 Å². The molecule has 29 heavy (non-hydrogen) atoms. The van der Waals surface area contributed by atoms with Gasteiger partial charge in [0.1, 0.15) is 12.1 Å². The van der Waals surface area contributed by atoms with Gasteiger partial charge in [-0.15, -0.1) is 11.3 Å². The maximum absolute atomic E-state index is 12.7. The van der Waals surface area contributed by atoms with Gasteiger partial charge in [0.25, 0.3) is 0 Å². The Morgan fingerprint density at radius 1 is 1.10 bits per heavy atom. The van der Waals surface area contributed by atoms with Gasteiger partial charge in [0.15, 0.2) is 5.82 Å². The number of thiophene rings is 1. The van der Waals surface area contributed by atoms with Crippen LogP contribution in [0.15, 0.2) is 47.6 Å². The Morgan fingerprint density at radius 2 is 1.97 bits per heavy atom. The maximum Gasteiger partial charge on any atom is 0.471 e. The van der Waals surface area contributed by atoms with E-state index >= 15 is 0 Å². The standard InChI is InChI=1S/C17H12F3N7OS/c1-10-6-13(24-9-23-10)27(14-7-21-4-5-22-14)8-11-2-3-12(29-11)15-25-16(28-26-15)17(18,19)20/h2-7,9H,8H2,1H3. The molecule has 0 aliphatic rings. The molecule has 4 heterocycles. The van der Waals surface area contributed by atoms with Gasteiger partial charge < -0.3 is 9.42 Å². The molecular formula is C17H12F3N7OS. The Balaban J connectivity index is 1.63. The first kappa shape index (κ1) is 18.9. The fourth-order valence-electron chi connectivity index (χ4n) is 2.48. The van der Waals surface area contributed by atoms with E-state index < -0.39 is 12.1 Å². The summed E-state index contributed by atoms with van der Waals surface area (Å²) in [6, 6.07) is 5.23. The molecule has 8 nitrogen and oxygen atoms in total. The molecule has 12 heteroatoms. The maximum atomic E-state index is 12.7. The van der Waals surface area contributed by atoms with Crippen molar-refractivity contribution in [3.8, 4) is 10.7 Å². The number of hydrogen-bond donors (Lipinski definition) is 0. The molecule has 0 bridgehead atoms. The van der Waals surface area contributed by atoms with Crippen LogP contribution in [0.1, 0.15) is 16.5 Å². The van der Waals surface area contributed by atoms with Crippen LogP contribution < -0.4 is 4.90 Å². The molecule has 0 aliphatic heterocycles. The van der Waals surface area contributed by atoms with Crippen molar-refractivity contribution in [3.05, 3.63) is 59.6 Å². The molecule has 0 fully saturated rings. The van der Waals surface area contributed by atoms with Gasteiger partial charge in [0.05, 0.1) is 17.6 Å². The van der Waals surface area contributed by atoms with E-state index in [0.717, 1.165) is 10.6 Å². The number of anilines is 2. The number of aryl methyl sites for hydroxylation is 1. The summed E-state index contributed by atoms with van der Waals surface area (Å²) < 4.78 is 42.3. The lowest BCUT2D eigenvalue weighted by Gasteiger charge is -2.21. The van der Waals surface area contributed by atoms with Gasteiger partial charge >= 0.3 is 12.1 Å². The lowest BCUT2D eigenvalue weighted by Crippen LogP contribution is -2.18. The minimum Gasteiger partial charge on any atom is -0.329 e. The Hall–Kier alpha value is -3.41. The van der Waals surface area contributed by atoms with E-state index in [9.17, 15) is 13.2 Å². The second kappa shape index (κ2) is 7.54. The van der Waals surface area contributed by atoms with Crippen LogP contribution in [0.2, 0.25) is 0 Å². The van der Waals surface area contributed by atoms with Crippen molar-refractivity contribution in [1.29, 1.82) is 0 Å². The number of hydrogen-bond acceptors (Lipinski definition) is 9. The van der Waals surface area contributed by atoms with Crippen LogP contribution >= 0.6 is 11.3 Å². The Labute approximate surface area is 166 Å². The fraction of sp³-hybridized carbons (Fsp3) is 0.176. The summed E-state index contributed by atoms with van der Waals surface area (Å²) >= 11 is 1.25. The number of halogens is 3. The summed E-state index contributed by atoms with van der Waals surface area (Å²) in [5, 5.41) is 3.42.